The van der Waals surface area contributed by atoms with Crippen LogP contribution >= 0.6 is 0 Å². The maximum absolute atomic E-state index is 11.5. The van der Waals surface area contributed by atoms with Gasteiger partial charge in [0.1, 0.15) is 5.54 Å². The standard InChI is InChI=1S/C10H15N3O4/c1-6-11-8(17-13-6)5-4-7(14)12-10(2,3)9(15)16/h4-5H2,1-3H3,(H,12,14)(H,15,16). The quantitative estimate of drug-likeness (QED) is 0.767. The summed E-state index contributed by atoms with van der Waals surface area (Å²) in [6.45, 7) is 4.52. The van der Waals surface area contributed by atoms with E-state index in [-0.39, 0.29) is 12.3 Å². The van der Waals surface area contributed by atoms with E-state index in [1.807, 2.05) is 0 Å². The molecule has 0 atom stereocenters. The molecular weight excluding hydrogens is 226 g/mol. The highest BCUT2D eigenvalue weighted by Gasteiger charge is 2.28. The summed E-state index contributed by atoms with van der Waals surface area (Å²) < 4.78 is 4.83. The molecule has 1 rings (SSSR count). The minimum atomic E-state index is -1.28. The van der Waals surface area contributed by atoms with Crippen LogP contribution in [0.15, 0.2) is 4.52 Å². The summed E-state index contributed by atoms with van der Waals surface area (Å²) in [6, 6.07) is 0. The number of carbonyl (C=O) groups is 2. The van der Waals surface area contributed by atoms with Crippen molar-refractivity contribution in [2.75, 3.05) is 0 Å². The molecule has 7 nitrogen and oxygen atoms in total. The number of carboxylic acid groups (broad SMARTS) is 1. The zero-order chi connectivity index (χ0) is 13.1. The molecule has 0 radical (unpaired) electrons. The molecule has 1 amide bonds. The summed E-state index contributed by atoms with van der Waals surface area (Å²) >= 11 is 0. The molecule has 0 saturated carbocycles. The second kappa shape index (κ2) is 4.94. The first-order valence-corrected chi connectivity index (χ1v) is 5.15. The minimum absolute atomic E-state index is 0.109. The lowest BCUT2D eigenvalue weighted by Crippen LogP contribution is -2.49. The molecule has 0 unspecified atom stereocenters. The number of aromatic nitrogens is 2. The van der Waals surface area contributed by atoms with Gasteiger partial charge in [0, 0.05) is 12.8 Å². The van der Waals surface area contributed by atoms with Crippen LogP contribution < -0.4 is 5.32 Å². The first-order chi connectivity index (χ1) is 7.81. The van der Waals surface area contributed by atoms with Crippen molar-refractivity contribution in [1.82, 2.24) is 15.5 Å². The Balaban J connectivity index is 2.43. The fourth-order valence-corrected chi connectivity index (χ4v) is 1.13. The lowest BCUT2D eigenvalue weighted by atomic mass is 10.1. The molecule has 1 aromatic rings. The number of hydrogen-bond donors (Lipinski definition) is 2. The molecule has 17 heavy (non-hydrogen) atoms. The Labute approximate surface area is 98.2 Å². The molecule has 1 aromatic heterocycles. The zero-order valence-corrected chi connectivity index (χ0v) is 9.98. The number of nitrogens with zero attached hydrogens (tertiary/aromatic N) is 2. The van der Waals surface area contributed by atoms with Gasteiger partial charge in [0.25, 0.3) is 0 Å². The van der Waals surface area contributed by atoms with E-state index in [1.165, 1.54) is 13.8 Å². The number of amides is 1. The van der Waals surface area contributed by atoms with Crippen molar-refractivity contribution >= 4 is 11.9 Å². The van der Waals surface area contributed by atoms with Crippen LogP contribution in [-0.4, -0.2) is 32.7 Å². The normalized spacial score (nSPS) is 11.2. The van der Waals surface area contributed by atoms with Crippen LogP contribution in [0.3, 0.4) is 0 Å². The molecule has 0 aromatic carbocycles. The van der Waals surface area contributed by atoms with Gasteiger partial charge in [0.05, 0.1) is 0 Å². The molecular formula is C10H15N3O4. The van der Waals surface area contributed by atoms with Crippen LogP contribution in [0.2, 0.25) is 0 Å². The summed E-state index contributed by atoms with van der Waals surface area (Å²) in [5.41, 5.74) is -1.28. The molecule has 0 aliphatic rings. The van der Waals surface area contributed by atoms with Crippen LogP contribution in [0, 0.1) is 6.92 Å². The van der Waals surface area contributed by atoms with Gasteiger partial charge in [-0.25, -0.2) is 4.79 Å². The average molecular weight is 241 g/mol. The highest BCUT2D eigenvalue weighted by atomic mass is 16.5. The number of rotatable bonds is 5. The number of nitrogens with one attached hydrogen (secondary N) is 1. The zero-order valence-electron chi connectivity index (χ0n) is 9.98. The number of aryl methyl sites for hydroxylation is 2. The third kappa shape index (κ3) is 3.86. The van der Waals surface area contributed by atoms with E-state index in [4.69, 9.17) is 9.63 Å². The van der Waals surface area contributed by atoms with Gasteiger partial charge in [-0.15, -0.1) is 0 Å². The fraction of sp³-hybridized carbons (Fsp3) is 0.600. The van der Waals surface area contributed by atoms with Crippen LogP contribution in [0.1, 0.15) is 32.0 Å². The summed E-state index contributed by atoms with van der Waals surface area (Å²) in [5, 5.41) is 14.8. The molecule has 2 N–H and O–H groups in total. The van der Waals surface area contributed by atoms with Crippen molar-refractivity contribution in [3.05, 3.63) is 11.7 Å². The Morgan fingerprint density at radius 3 is 2.59 bits per heavy atom. The summed E-state index contributed by atoms with van der Waals surface area (Å²) in [6.07, 6.45) is 0.403. The van der Waals surface area contributed by atoms with Crippen molar-refractivity contribution in [3.8, 4) is 0 Å². The molecule has 0 aliphatic heterocycles. The van der Waals surface area contributed by atoms with Crippen LogP contribution in [0.25, 0.3) is 0 Å². The lowest BCUT2D eigenvalue weighted by Gasteiger charge is -2.20. The Kier molecular flexibility index (Phi) is 3.82. The summed E-state index contributed by atoms with van der Waals surface area (Å²) in [5.74, 6) is -0.579. The van der Waals surface area contributed by atoms with E-state index >= 15 is 0 Å². The van der Waals surface area contributed by atoms with E-state index in [9.17, 15) is 9.59 Å². The summed E-state index contributed by atoms with van der Waals surface area (Å²) in [4.78, 5) is 26.2. The highest BCUT2D eigenvalue weighted by Crippen LogP contribution is 2.04. The van der Waals surface area contributed by atoms with Gasteiger partial charge < -0.3 is 14.9 Å². The monoisotopic (exact) mass is 241 g/mol. The number of aliphatic carboxylic acids is 1. The van der Waals surface area contributed by atoms with Crippen molar-refractivity contribution in [2.24, 2.45) is 0 Å². The van der Waals surface area contributed by atoms with E-state index in [1.54, 1.807) is 6.92 Å². The van der Waals surface area contributed by atoms with E-state index in [2.05, 4.69) is 15.5 Å². The largest absolute Gasteiger partial charge is 0.480 e. The molecule has 1 heterocycles. The first-order valence-electron chi connectivity index (χ1n) is 5.15. The van der Waals surface area contributed by atoms with Gasteiger partial charge in [-0.05, 0) is 20.8 Å². The van der Waals surface area contributed by atoms with Gasteiger partial charge in [-0.2, -0.15) is 4.98 Å². The number of hydrogen-bond acceptors (Lipinski definition) is 5. The molecule has 0 saturated heterocycles. The molecule has 94 valence electrons. The Morgan fingerprint density at radius 2 is 2.12 bits per heavy atom. The van der Waals surface area contributed by atoms with Gasteiger partial charge in [0.2, 0.25) is 11.8 Å². The SMILES string of the molecule is Cc1noc(CCC(=O)NC(C)(C)C(=O)O)n1. The topological polar surface area (TPSA) is 105 Å². The molecule has 0 fully saturated rings. The van der Waals surface area contributed by atoms with Crippen LogP contribution in [-0.2, 0) is 16.0 Å². The Morgan fingerprint density at radius 1 is 1.47 bits per heavy atom. The van der Waals surface area contributed by atoms with E-state index in [0.717, 1.165) is 0 Å². The number of carbonyl (C=O) groups excluding carboxylic acids is 1. The molecule has 0 aliphatic carbocycles. The minimum Gasteiger partial charge on any atom is -0.480 e. The third-order valence-electron chi connectivity index (χ3n) is 2.12. The fourth-order valence-electron chi connectivity index (χ4n) is 1.13. The third-order valence-corrected chi connectivity index (χ3v) is 2.12. The van der Waals surface area contributed by atoms with Gasteiger partial charge in [-0.1, -0.05) is 5.16 Å². The maximum Gasteiger partial charge on any atom is 0.328 e. The average Bonchev–Trinajstić information content (AvgIpc) is 2.60. The second-order valence-corrected chi connectivity index (χ2v) is 4.21. The van der Waals surface area contributed by atoms with Crippen molar-refractivity contribution in [3.63, 3.8) is 0 Å². The predicted molar refractivity (Wildman–Crippen MR) is 57.2 cm³/mol. The maximum atomic E-state index is 11.5. The van der Waals surface area contributed by atoms with Crippen molar-refractivity contribution < 1.29 is 19.2 Å². The second-order valence-electron chi connectivity index (χ2n) is 4.21. The Hall–Kier alpha value is -1.92. The number of carboxylic acids is 1. The van der Waals surface area contributed by atoms with Gasteiger partial charge in [0.15, 0.2) is 5.82 Å². The van der Waals surface area contributed by atoms with Crippen molar-refractivity contribution in [2.45, 2.75) is 39.2 Å². The van der Waals surface area contributed by atoms with Crippen LogP contribution in [0.5, 0.6) is 0 Å². The lowest BCUT2D eigenvalue weighted by molar-refractivity contribution is -0.146. The summed E-state index contributed by atoms with van der Waals surface area (Å²) in [7, 11) is 0. The molecule has 7 heteroatoms. The molecule has 0 bridgehead atoms. The smallest absolute Gasteiger partial charge is 0.328 e. The van der Waals surface area contributed by atoms with Crippen molar-refractivity contribution in [1.29, 1.82) is 0 Å². The van der Waals surface area contributed by atoms with E-state index < -0.39 is 11.5 Å². The van der Waals surface area contributed by atoms with Crippen LogP contribution in [0.4, 0.5) is 0 Å². The van der Waals surface area contributed by atoms with Gasteiger partial charge >= 0.3 is 5.97 Å². The predicted octanol–water partition coefficient (Wildman–Crippen LogP) is 0.290. The van der Waals surface area contributed by atoms with Gasteiger partial charge in [-0.3, -0.25) is 4.79 Å². The first kappa shape index (κ1) is 13.1. The van der Waals surface area contributed by atoms with E-state index in [0.29, 0.717) is 18.1 Å². The Bertz CT molecular complexity index is 425. The molecule has 0 spiro atoms. The highest BCUT2D eigenvalue weighted by molar-refractivity contribution is 5.86.